The minimum absolute atomic E-state index is 0.635. The summed E-state index contributed by atoms with van der Waals surface area (Å²) in [6.07, 6.45) is 6.83. The first-order chi connectivity index (χ1) is 13.5. The summed E-state index contributed by atoms with van der Waals surface area (Å²) in [7, 11) is 0. The summed E-state index contributed by atoms with van der Waals surface area (Å²) in [6.45, 7) is 14.6. The fourth-order valence-electron chi connectivity index (χ4n) is 3.28. The molecule has 0 radical (unpaired) electrons. The molecular formula is C23H39N5. The zero-order valence-corrected chi connectivity index (χ0v) is 18.0. The molecule has 5 heteroatoms. The monoisotopic (exact) mass is 385 g/mol. The van der Waals surface area contributed by atoms with E-state index in [1.165, 1.54) is 36.9 Å². The molecule has 1 aromatic carbocycles. The molecule has 0 amide bonds. The fraction of sp³-hybridized carbons (Fsp3) is 0.522. The van der Waals surface area contributed by atoms with E-state index in [0.717, 1.165) is 50.3 Å². The van der Waals surface area contributed by atoms with Crippen molar-refractivity contribution in [2.24, 2.45) is 16.5 Å². The molecule has 1 aromatic rings. The molecule has 0 atom stereocenters. The molecule has 28 heavy (non-hydrogen) atoms. The Hall–Kier alpha value is -2.27. The number of nitrogens with two attached hydrogens (primary N) is 2. The first-order valence-electron chi connectivity index (χ1n) is 10.5. The molecule has 0 aliphatic heterocycles. The van der Waals surface area contributed by atoms with Crippen molar-refractivity contribution in [3.63, 3.8) is 0 Å². The van der Waals surface area contributed by atoms with Gasteiger partial charge in [0.2, 0.25) is 0 Å². The van der Waals surface area contributed by atoms with E-state index in [1.807, 2.05) is 0 Å². The Morgan fingerprint density at radius 3 is 2.61 bits per heavy atom. The van der Waals surface area contributed by atoms with Crippen LogP contribution in [0.1, 0.15) is 51.5 Å². The lowest BCUT2D eigenvalue weighted by Crippen LogP contribution is -2.32. The number of aryl methyl sites for hydroxylation is 1. The minimum Gasteiger partial charge on any atom is -0.399 e. The van der Waals surface area contributed by atoms with Crippen LogP contribution in [-0.4, -0.2) is 32.5 Å². The quantitative estimate of drug-likeness (QED) is 0.340. The van der Waals surface area contributed by atoms with Gasteiger partial charge in [0.05, 0.1) is 6.34 Å². The van der Waals surface area contributed by atoms with Crippen LogP contribution in [-0.2, 0) is 0 Å². The Morgan fingerprint density at radius 2 is 2.00 bits per heavy atom. The molecular weight excluding hydrogens is 346 g/mol. The number of hydrogen-bond donors (Lipinski definition) is 3. The van der Waals surface area contributed by atoms with Gasteiger partial charge in [-0.15, -0.1) is 0 Å². The normalized spacial score (nSPS) is 14.0. The van der Waals surface area contributed by atoms with Crippen molar-refractivity contribution in [3.05, 3.63) is 53.4 Å². The number of likely N-dealkylation sites (N-methyl/N-ethyl adjacent to an activating group) is 1. The van der Waals surface area contributed by atoms with E-state index in [0.29, 0.717) is 5.70 Å². The van der Waals surface area contributed by atoms with Crippen molar-refractivity contribution >= 4 is 12.0 Å². The Bertz CT molecular complexity index is 648. The molecule has 156 valence electrons. The van der Waals surface area contributed by atoms with Crippen LogP contribution in [0, 0.1) is 6.92 Å². The third-order valence-corrected chi connectivity index (χ3v) is 4.79. The SMILES string of the molecule is C=C(N)C1=C(N=CN)CCCC1.CCCNCCN(CC)c1cccc(C)c1. The van der Waals surface area contributed by atoms with Crippen molar-refractivity contribution < 1.29 is 0 Å². The second-order valence-corrected chi connectivity index (χ2v) is 7.10. The van der Waals surface area contributed by atoms with Gasteiger partial charge in [-0.2, -0.15) is 0 Å². The van der Waals surface area contributed by atoms with E-state index in [-0.39, 0.29) is 0 Å². The van der Waals surface area contributed by atoms with Gasteiger partial charge in [-0.3, -0.25) is 0 Å². The molecule has 5 N–H and O–H groups in total. The standard InChI is InChI=1S/C14H24N2.C9H15N3/c1-4-9-15-10-11-16(5-2)14-8-6-7-13(3)12-14;1-7(11)8-4-2-3-5-9(8)12-6-10/h6-8,12,15H,4-5,9-11H2,1-3H3;6H,1-5,11H2,(H2,10,12). The number of aliphatic imine (C=N–C) groups is 1. The van der Waals surface area contributed by atoms with Crippen LogP contribution in [0.25, 0.3) is 0 Å². The Morgan fingerprint density at radius 1 is 1.25 bits per heavy atom. The molecule has 0 spiro atoms. The van der Waals surface area contributed by atoms with E-state index in [9.17, 15) is 0 Å². The van der Waals surface area contributed by atoms with E-state index in [4.69, 9.17) is 11.5 Å². The lowest BCUT2D eigenvalue weighted by atomic mass is 9.95. The molecule has 0 fully saturated rings. The van der Waals surface area contributed by atoms with Gasteiger partial charge in [-0.1, -0.05) is 25.6 Å². The summed E-state index contributed by atoms with van der Waals surface area (Å²) in [4.78, 5) is 6.49. The largest absolute Gasteiger partial charge is 0.399 e. The van der Waals surface area contributed by atoms with Crippen LogP contribution in [0.5, 0.6) is 0 Å². The third kappa shape index (κ3) is 8.61. The fourth-order valence-corrected chi connectivity index (χ4v) is 3.28. The second-order valence-electron chi connectivity index (χ2n) is 7.10. The van der Waals surface area contributed by atoms with Gasteiger partial charge in [0, 0.05) is 36.7 Å². The van der Waals surface area contributed by atoms with Crippen molar-refractivity contribution in [2.75, 3.05) is 31.1 Å². The van der Waals surface area contributed by atoms with E-state index >= 15 is 0 Å². The summed E-state index contributed by atoms with van der Waals surface area (Å²) in [5.41, 5.74) is 16.2. The maximum Gasteiger partial charge on any atom is 0.0856 e. The van der Waals surface area contributed by atoms with Gasteiger partial charge in [0.1, 0.15) is 0 Å². The van der Waals surface area contributed by atoms with Crippen LogP contribution in [0.2, 0.25) is 0 Å². The van der Waals surface area contributed by atoms with Gasteiger partial charge in [0.15, 0.2) is 0 Å². The molecule has 1 aliphatic rings. The molecule has 5 nitrogen and oxygen atoms in total. The summed E-state index contributed by atoms with van der Waals surface area (Å²) in [5.74, 6) is 0. The van der Waals surface area contributed by atoms with Gasteiger partial charge >= 0.3 is 0 Å². The van der Waals surface area contributed by atoms with E-state index in [2.05, 4.69) is 66.8 Å². The molecule has 0 saturated carbocycles. The van der Waals surface area contributed by atoms with Gasteiger partial charge in [0.25, 0.3) is 0 Å². The number of hydrogen-bond acceptors (Lipinski definition) is 4. The van der Waals surface area contributed by atoms with Gasteiger partial charge < -0.3 is 21.7 Å². The molecule has 0 heterocycles. The maximum atomic E-state index is 5.62. The number of anilines is 1. The highest BCUT2D eigenvalue weighted by Gasteiger charge is 2.12. The molecule has 0 bridgehead atoms. The Balaban J connectivity index is 0.000000292. The molecule has 0 saturated heterocycles. The van der Waals surface area contributed by atoms with E-state index in [1.54, 1.807) is 0 Å². The predicted octanol–water partition coefficient (Wildman–Crippen LogP) is 4.09. The van der Waals surface area contributed by atoms with Crippen molar-refractivity contribution in [1.29, 1.82) is 0 Å². The number of benzene rings is 1. The average molecular weight is 386 g/mol. The summed E-state index contributed by atoms with van der Waals surface area (Å²) in [5, 5.41) is 3.44. The zero-order chi connectivity index (χ0) is 20.8. The van der Waals surface area contributed by atoms with E-state index < -0.39 is 0 Å². The van der Waals surface area contributed by atoms with Crippen LogP contribution >= 0.6 is 0 Å². The molecule has 2 rings (SSSR count). The van der Waals surface area contributed by atoms with Crippen LogP contribution in [0.4, 0.5) is 5.69 Å². The first kappa shape index (κ1) is 23.8. The summed E-state index contributed by atoms with van der Waals surface area (Å²) < 4.78 is 0. The van der Waals surface area contributed by atoms with Crippen molar-refractivity contribution in [2.45, 2.75) is 52.9 Å². The topological polar surface area (TPSA) is 79.7 Å². The third-order valence-electron chi connectivity index (χ3n) is 4.79. The number of nitrogens with one attached hydrogen (secondary N) is 1. The molecule has 1 aliphatic carbocycles. The van der Waals surface area contributed by atoms with Crippen LogP contribution in [0.15, 0.2) is 52.8 Å². The summed E-state index contributed by atoms with van der Waals surface area (Å²) >= 11 is 0. The highest BCUT2D eigenvalue weighted by molar-refractivity contribution is 5.54. The maximum absolute atomic E-state index is 5.62. The van der Waals surface area contributed by atoms with Gasteiger partial charge in [-0.25, -0.2) is 4.99 Å². The Labute approximate surface area is 171 Å². The first-order valence-corrected chi connectivity index (χ1v) is 10.5. The van der Waals surface area contributed by atoms with Gasteiger partial charge in [-0.05, 0) is 75.8 Å². The number of rotatable bonds is 9. The minimum atomic E-state index is 0.635. The highest BCUT2D eigenvalue weighted by Crippen LogP contribution is 2.27. The molecule has 0 aromatic heterocycles. The summed E-state index contributed by atoms with van der Waals surface area (Å²) in [6, 6.07) is 8.72. The smallest absolute Gasteiger partial charge is 0.0856 e. The lowest BCUT2D eigenvalue weighted by Gasteiger charge is -2.23. The Kier molecular flexibility index (Phi) is 11.7. The number of allylic oxidation sites excluding steroid dienone is 2. The number of nitrogens with zero attached hydrogens (tertiary/aromatic N) is 2. The zero-order valence-electron chi connectivity index (χ0n) is 18.0. The predicted molar refractivity (Wildman–Crippen MR) is 124 cm³/mol. The van der Waals surface area contributed by atoms with Crippen LogP contribution in [0.3, 0.4) is 0 Å². The van der Waals surface area contributed by atoms with Crippen molar-refractivity contribution in [3.8, 4) is 0 Å². The molecule has 0 unspecified atom stereocenters. The second kappa shape index (κ2) is 13.8. The highest BCUT2D eigenvalue weighted by atomic mass is 15.1. The van der Waals surface area contributed by atoms with Crippen LogP contribution < -0.4 is 21.7 Å². The lowest BCUT2D eigenvalue weighted by molar-refractivity contribution is 0.654. The average Bonchev–Trinajstić information content (AvgIpc) is 2.69. The van der Waals surface area contributed by atoms with Crippen molar-refractivity contribution in [1.82, 2.24) is 5.32 Å².